The largest absolute Gasteiger partial charge is 0.416 e. The van der Waals surface area contributed by atoms with E-state index in [-0.39, 0.29) is 11.2 Å². The average molecular weight is 336 g/mol. The Balaban J connectivity index is 1.55. The zero-order chi connectivity index (χ0) is 16.2. The fraction of sp³-hybridized carbons (Fsp3) is 0.600. The van der Waals surface area contributed by atoms with Gasteiger partial charge in [-0.15, -0.1) is 10.2 Å². The van der Waals surface area contributed by atoms with E-state index in [0.29, 0.717) is 28.6 Å². The molecule has 1 N–H and O–H groups in total. The number of nitrogens with zero attached hydrogens (tertiary/aromatic N) is 3. The van der Waals surface area contributed by atoms with Crippen molar-refractivity contribution in [3.8, 4) is 0 Å². The molecule has 0 aliphatic heterocycles. The Kier molecular flexibility index (Phi) is 5.00. The number of carbonyl (C=O) groups excluding carboxylic acids is 1. The normalized spacial score (nSPS) is 17.1. The SMILES string of the molecule is Cc1cc(NC(=O)C(C)Sc2nnc(C3CCCCC3)o2)no1. The van der Waals surface area contributed by atoms with Gasteiger partial charge in [0.1, 0.15) is 5.76 Å². The first-order valence-corrected chi connectivity index (χ1v) is 8.74. The molecule has 7 nitrogen and oxygen atoms in total. The highest BCUT2D eigenvalue weighted by Crippen LogP contribution is 2.33. The minimum atomic E-state index is -0.369. The Labute approximate surface area is 138 Å². The van der Waals surface area contributed by atoms with E-state index in [9.17, 15) is 4.79 Å². The molecule has 2 heterocycles. The predicted octanol–water partition coefficient (Wildman–Crippen LogP) is 3.53. The first-order valence-electron chi connectivity index (χ1n) is 7.86. The molecule has 1 saturated carbocycles. The van der Waals surface area contributed by atoms with Crippen LogP contribution in [0.2, 0.25) is 0 Å². The van der Waals surface area contributed by atoms with Crippen molar-refractivity contribution in [1.82, 2.24) is 15.4 Å². The Hall–Kier alpha value is -1.83. The summed E-state index contributed by atoms with van der Waals surface area (Å²) in [7, 11) is 0. The number of carbonyl (C=O) groups is 1. The molecule has 0 radical (unpaired) electrons. The van der Waals surface area contributed by atoms with Crippen molar-refractivity contribution in [1.29, 1.82) is 0 Å². The van der Waals surface area contributed by atoms with Gasteiger partial charge in [0.05, 0.1) is 5.25 Å². The molecule has 1 amide bonds. The van der Waals surface area contributed by atoms with Gasteiger partial charge in [-0.1, -0.05) is 36.2 Å². The summed E-state index contributed by atoms with van der Waals surface area (Å²) < 4.78 is 10.6. The smallest absolute Gasteiger partial charge is 0.277 e. The minimum absolute atomic E-state index is 0.180. The summed E-state index contributed by atoms with van der Waals surface area (Å²) in [4.78, 5) is 12.1. The summed E-state index contributed by atoms with van der Waals surface area (Å²) in [6, 6.07) is 1.67. The number of rotatable bonds is 5. The maximum Gasteiger partial charge on any atom is 0.277 e. The molecular formula is C15H20N4O3S. The van der Waals surface area contributed by atoms with Crippen LogP contribution in [0.1, 0.15) is 56.6 Å². The van der Waals surface area contributed by atoms with Gasteiger partial charge in [0.2, 0.25) is 11.8 Å². The molecule has 1 atom stereocenters. The maximum atomic E-state index is 12.1. The van der Waals surface area contributed by atoms with Crippen LogP contribution in [-0.4, -0.2) is 26.5 Å². The van der Waals surface area contributed by atoms with Crippen LogP contribution in [0.25, 0.3) is 0 Å². The second-order valence-corrected chi connectivity index (χ2v) is 7.11. The number of hydrogen-bond acceptors (Lipinski definition) is 7. The Morgan fingerprint density at radius 2 is 2.13 bits per heavy atom. The van der Waals surface area contributed by atoms with Crippen LogP contribution >= 0.6 is 11.8 Å². The minimum Gasteiger partial charge on any atom is -0.416 e. The summed E-state index contributed by atoms with van der Waals surface area (Å²) in [5.41, 5.74) is 0. The molecule has 3 rings (SSSR count). The van der Waals surface area contributed by atoms with Crippen LogP contribution in [-0.2, 0) is 4.79 Å². The monoisotopic (exact) mass is 336 g/mol. The molecule has 1 aliphatic rings. The van der Waals surface area contributed by atoms with E-state index in [2.05, 4.69) is 20.7 Å². The van der Waals surface area contributed by atoms with Crippen molar-refractivity contribution in [3.63, 3.8) is 0 Å². The summed E-state index contributed by atoms with van der Waals surface area (Å²) in [6.07, 6.45) is 5.92. The van der Waals surface area contributed by atoms with Gasteiger partial charge in [0.15, 0.2) is 5.82 Å². The van der Waals surface area contributed by atoms with Crippen molar-refractivity contribution in [3.05, 3.63) is 17.7 Å². The second-order valence-electron chi connectivity index (χ2n) is 5.81. The lowest BCUT2D eigenvalue weighted by Gasteiger charge is -2.17. The van der Waals surface area contributed by atoms with Crippen LogP contribution in [0.5, 0.6) is 0 Å². The summed E-state index contributed by atoms with van der Waals surface area (Å²) in [5.74, 6) is 1.95. The molecule has 0 aromatic carbocycles. The van der Waals surface area contributed by atoms with E-state index in [1.54, 1.807) is 19.9 Å². The lowest BCUT2D eigenvalue weighted by molar-refractivity contribution is -0.115. The second kappa shape index (κ2) is 7.16. The first-order chi connectivity index (χ1) is 11.1. The summed E-state index contributed by atoms with van der Waals surface area (Å²) in [6.45, 7) is 3.56. The van der Waals surface area contributed by atoms with Crippen LogP contribution in [0.3, 0.4) is 0 Å². The number of nitrogens with one attached hydrogen (secondary N) is 1. The third-order valence-electron chi connectivity index (χ3n) is 3.90. The van der Waals surface area contributed by atoms with E-state index in [4.69, 9.17) is 8.94 Å². The van der Waals surface area contributed by atoms with Crippen LogP contribution in [0, 0.1) is 6.92 Å². The van der Waals surface area contributed by atoms with E-state index >= 15 is 0 Å². The predicted molar refractivity (Wildman–Crippen MR) is 85.3 cm³/mol. The van der Waals surface area contributed by atoms with Crippen molar-refractivity contribution in [2.75, 3.05) is 5.32 Å². The number of anilines is 1. The number of aromatic nitrogens is 3. The van der Waals surface area contributed by atoms with Crippen LogP contribution < -0.4 is 5.32 Å². The van der Waals surface area contributed by atoms with Gasteiger partial charge in [-0.05, 0) is 26.7 Å². The molecule has 1 unspecified atom stereocenters. The first kappa shape index (κ1) is 16.0. The molecule has 2 aromatic rings. The fourth-order valence-electron chi connectivity index (χ4n) is 2.64. The number of thioether (sulfide) groups is 1. The van der Waals surface area contributed by atoms with Gasteiger partial charge in [0, 0.05) is 12.0 Å². The topological polar surface area (TPSA) is 94.1 Å². The maximum absolute atomic E-state index is 12.1. The summed E-state index contributed by atoms with van der Waals surface area (Å²) >= 11 is 1.25. The number of hydrogen-bond donors (Lipinski definition) is 1. The Bertz CT molecular complexity index is 663. The third-order valence-corrected chi connectivity index (χ3v) is 4.84. The van der Waals surface area contributed by atoms with Gasteiger partial charge in [-0.3, -0.25) is 4.79 Å². The highest BCUT2D eigenvalue weighted by Gasteiger charge is 2.23. The van der Waals surface area contributed by atoms with Gasteiger partial charge in [-0.25, -0.2) is 0 Å². The van der Waals surface area contributed by atoms with E-state index in [1.165, 1.54) is 31.0 Å². The zero-order valence-electron chi connectivity index (χ0n) is 13.2. The fourth-order valence-corrected chi connectivity index (χ4v) is 3.33. The van der Waals surface area contributed by atoms with Crippen LogP contribution in [0.4, 0.5) is 5.82 Å². The molecule has 8 heteroatoms. The van der Waals surface area contributed by atoms with E-state index in [1.807, 2.05) is 0 Å². The molecule has 23 heavy (non-hydrogen) atoms. The molecule has 0 spiro atoms. The molecule has 1 fully saturated rings. The molecule has 0 bridgehead atoms. The lowest BCUT2D eigenvalue weighted by atomic mass is 9.89. The van der Waals surface area contributed by atoms with Crippen molar-refractivity contribution in [2.45, 2.75) is 62.3 Å². The van der Waals surface area contributed by atoms with Gasteiger partial charge < -0.3 is 14.3 Å². The molecule has 1 aliphatic carbocycles. The van der Waals surface area contributed by atoms with Gasteiger partial charge in [0.25, 0.3) is 5.22 Å². The van der Waals surface area contributed by atoms with Gasteiger partial charge in [-0.2, -0.15) is 0 Å². The molecule has 2 aromatic heterocycles. The average Bonchev–Trinajstić information content (AvgIpc) is 3.17. The highest BCUT2D eigenvalue weighted by atomic mass is 32.2. The van der Waals surface area contributed by atoms with Crippen LogP contribution in [0.15, 0.2) is 20.2 Å². The third kappa shape index (κ3) is 4.13. The van der Waals surface area contributed by atoms with Crippen molar-refractivity contribution in [2.24, 2.45) is 0 Å². The van der Waals surface area contributed by atoms with Gasteiger partial charge >= 0.3 is 0 Å². The van der Waals surface area contributed by atoms with E-state index < -0.39 is 0 Å². The Morgan fingerprint density at radius 3 is 2.83 bits per heavy atom. The van der Waals surface area contributed by atoms with Crippen molar-refractivity contribution >= 4 is 23.5 Å². The molecule has 0 saturated heterocycles. The standard InChI is InChI=1S/C15H20N4O3S/c1-9-8-12(19-22-9)16-13(20)10(2)23-15-18-17-14(21-15)11-6-4-3-5-7-11/h8,10-11H,3-7H2,1-2H3,(H,16,19,20). The highest BCUT2D eigenvalue weighted by molar-refractivity contribution is 8.00. The van der Waals surface area contributed by atoms with E-state index in [0.717, 1.165) is 12.8 Å². The molecular weight excluding hydrogens is 316 g/mol. The number of aryl methyl sites for hydroxylation is 1. The lowest BCUT2D eigenvalue weighted by Crippen LogP contribution is -2.22. The quantitative estimate of drug-likeness (QED) is 0.835. The molecule has 124 valence electrons. The summed E-state index contributed by atoms with van der Waals surface area (Å²) in [5, 5.41) is 14.7. The zero-order valence-corrected chi connectivity index (χ0v) is 14.1. The Morgan fingerprint density at radius 1 is 1.35 bits per heavy atom. The number of amides is 1. The van der Waals surface area contributed by atoms with Crippen molar-refractivity contribution < 1.29 is 13.7 Å².